The predicted molar refractivity (Wildman–Crippen MR) is 86.3 cm³/mol. The SMILES string of the molecule is COc1cc(C(C)NC(=O)C2CCNC2)ccc1OC(C)C. The Morgan fingerprint density at radius 2 is 2.09 bits per heavy atom. The Hall–Kier alpha value is -1.75. The molecule has 122 valence electrons. The van der Waals surface area contributed by atoms with E-state index in [0.29, 0.717) is 5.75 Å². The van der Waals surface area contributed by atoms with E-state index in [2.05, 4.69) is 10.6 Å². The molecule has 2 rings (SSSR count). The molecule has 0 spiro atoms. The van der Waals surface area contributed by atoms with Crippen molar-refractivity contribution in [1.29, 1.82) is 0 Å². The van der Waals surface area contributed by atoms with Crippen molar-refractivity contribution in [3.63, 3.8) is 0 Å². The van der Waals surface area contributed by atoms with Gasteiger partial charge in [0.25, 0.3) is 0 Å². The van der Waals surface area contributed by atoms with Crippen molar-refractivity contribution in [2.75, 3.05) is 20.2 Å². The highest BCUT2D eigenvalue weighted by Crippen LogP contribution is 2.31. The summed E-state index contributed by atoms with van der Waals surface area (Å²) in [5.74, 6) is 1.60. The predicted octanol–water partition coefficient (Wildman–Crippen LogP) is 2.27. The van der Waals surface area contributed by atoms with Gasteiger partial charge >= 0.3 is 0 Å². The highest BCUT2D eigenvalue weighted by atomic mass is 16.5. The molecule has 0 bridgehead atoms. The lowest BCUT2D eigenvalue weighted by Crippen LogP contribution is -2.33. The summed E-state index contributed by atoms with van der Waals surface area (Å²) in [4.78, 5) is 12.2. The second-order valence-electron chi connectivity index (χ2n) is 6.00. The Kier molecular flexibility index (Phi) is 5.66. The number of ether oxygens (including phenoxy) is 2. The van der Waals surface area contributed by atoms with Crippen molar-refractivity contribution >= 4 is 5.91 Å². The number of carbonyl (C=O) groups is 1. The maximum absolute atomic E-state index is 12.2. The molecule has 2 N–H and O–H groups in total. The van der Waals surface area contributed by atoms with Gasteiger partial charge in [-0.15, -0.1) is 0 Å². The Bertz CT molecular complexity index is 511. The van der Waals surface area contributed by atoms with Crippen molar-refractivity contribution < 1.29 is 14.3 Å². The molecular weight excluding hydrogens is 280 g/mol. The van der Waals surface area contributed by atoms with E-state index in [1.54, 1.807) is 7.11 Å². The fourth-order valence-electron chi connectivity index (χ4n) is 2.60. The quantitative estimate of drug-likeness (QED) is 0.846. The molecule has 0 radical (unpaired) electrons. The molecule has 1 aromatic carbocycles. The molecule has 2 unspecified atom stereocenters. The highest BCUT2D eigenvalue weighted by Gasteiger charge is 2.24. The van der Waals surface area contributed by atoms with E-state index in [9.17, 15) is 4.79 Å². The van der Waals surface area contributed by atoms with Gasteiger partial charge in [0, 0.05) is 6.54 Å². The number of hydrogen-bond donors (Lipinski definition) is 2. The van der Waals surface area contributed by atoms with Crippen molar-refractivity contribution in [2.45, 2.75) is 39.3 Å². The van der Waals surface area contributed by atoms with Crippen LogP contribution in [0.25, 0.3) is 0 Å². The molecule has 2 atom stereocenters. The van der Waals surface area contributed by atoms with Gasteiger partial charge in [-0.1, -0.05) is 6.07 Å². The van der Waals surface area contributed by atoms with Crippen LogP contribution in [-0.2, 0) is 4.79 Å². The lowest BCUT2D eigenvalue weighted by atomic mass is 10.0. The molecule has 1 aliphatic rings. The largest absolute Gasteiger partial charge is 0.493 e. The number of methoxy groups -OCH3 is 1. The first-order chi connectivity index (χ1) is 10.5. The summed E-state index contributed by atoms with van der Waals surface area (Å²) in [6, 6.07) is 5.73. The van der Waals surface area contributed by atoms with Crippen molar-refractivity contribution in [3.8, 4) is 11.5 Å². The summed E-state index contributed by atoms with van der Waals surface area (Å²) < 4.78 is 11.1. The molecule has 22 heavy (non-hydrogen) atoms. The molecule has 1 aromatic rings. The molecule has 1 heterocycles. The van der Waals surface area contributed by atoms with Gasteiger partial charge in [0.1, 0.15) is 0 Å². The smallest absolute Gasteiger partial charge is 0.224 e. The van der Waals surface area contributed by atoms with Crippen LogP contribution in [0.5, 0.6) is 11.5 Å². The average Bonchev–Trinajstić information content (AvgIpc) is 3.01. The summed E-state index contributed by atoms with van der Waals surface area (Å²) in [7, 11) is 1.62. The Balaban J connectivity index is 2.05. The van der Waals surface area contributed by atoms with Crippen LogP contribution in [0.3, 0.4) is 0 Å². The van der Waals surface area contributed by atoms with E-state index < -0.39 is 0 Å². The number of rotatable bonds is 6. The zero-order chi connectivity index (χ0) is 16.1. The van der Waals surface area contributed by atoms with Crippen LogP contribution in [0.2, 0.25) is 0 Å². The summed E-state index contributed by atoms with van der Waals surface area (Å²) in [6.45, 7) is 7.63. The van der Waals surface area contributed by atoms with Crippen LogP contribution in [-0.4, -0.2) is 32.2 Å². The summed E-state index contributed by atoms with van der Waals surface area (Å²) in [5.41, 5.74) is 1.01. The first-order valence-corrected chi connectivity index (χ1v) is 7.87. The van der Waals surface area contributed by atoms with Crippen LogP contribution in [0.4, 0.5) is 0 Å². The zero-order valence-corrected chi connectivity index (χ0v) is 13.8. The highest BCUT2D eigenvalue weighted by molar-refractivity contribution is 5.79. The van der Waals surface area contributed by atoms with Crippen LogP contribution in [0.15, 0.2) is 18.2 Å². The lowest BCUT2D eigenvalue weighted by Gasteiger charge is -2.19. The van der Waals surface area contributed by atoms with Gasteiger partial charge in [-0.25, -0.2) is 0 Å². The Morgan fingerprint density at radius 1 is 1.32 bits per heavy atom. The third kappa shape index (κ3) is 4.13. The van der Waals surface area contributed by atoms with Crippen molar-refractivity contribution in [1.82, 2.24) is 10.6 Å². The molecule has 0 aliphatic carbocycles. The zero-order valence-electron chi connectivity index (χ0n) is 13.8. The lowest BCUT2D eigenvalue weighted by molar-refractivity contribution is -0.125. The van der Waals surface area contributed by atoms with Crippen LogP contribution < -0.4 is 20.1 Å². The molecule has 1 amide bonds. The minimum atomic E-state index is -0.0601. The summed E-state index contributed by atoms with van der Waals surface area (Å²) >= 11 is 0. The summed E-state index contributed by atoms with van der Waals surface area (Å²) in [5, 5.41) is 6.29. The monoisotopic (exact) mass is 306 g/mol. The van der Waals surface area contributed by atoms with E-state index in [-0.39, 0.29) is 24.0 Å². The minimum absolute atomic E-state index is 0.0601. The third-order valence-corrected chi connectivity index (χ3v) is 3.84. The van der Waals surface area contributed by atoms with Crippen LogP contribution in [0.1, 0.15) is 38.8 Å². The standard InChI is InChI=1S/C17H26N2O3/c1-11(2)22-15-6-5-13(9-16(15)21-4)12(3)19-17(20)14-7-8-18-10-14/h5-6,9,11-12,14,18H,7-8,10H2,1-4H3,(H,19,20). The van der Waals surface area contributed by atoms with E-state index in [0.717, 1.165) is 30.8 Å². The van der Waals surface area contributed by atoms with E-state index in [1.807, 2.05) is 39.0 Å². The van der Waals surface area contributed by atoms with Gasteiger partial charge in [0.2, 0.25) is 5.91 Å². The molecule has 1 fully saturated rings. The van der Waals surface area contributed by atoms with Gasteiger partial charge in [0.05, 0.1) is 25.2 Å². The van der Waals surface area contributed by atoms with Gasteiger partial charge in [0.15, 0.2) is 11.5 Å². The van der Waals surface area contributed by atoms with E-state index in [1.165, 1.54) is 0 Å². The molecule has 5 nitrogen and oxygen atoms in total. The first-order valence-electron chi connectivity index (χ1n) is 7.87. The molecule has 1 aliphatic heterocycles. The second kappa shape index (κ2) is 7.49. The molecule has 0 aromatic heterocycles. The normalized spacial score (nSPS) is 19.0. The van der Waals surface area contributed by atoms with Crippen molar-refractivity contribution in [3.05, 3.63) is 23.8 Å². The van der Waals surface area contributed by atoms with E-state index in [4.69, 9.17) is 9.47 Å². The number of benzene rings is 1. The van der Waals surface area contributed by atoms with Gasteiger partial charge in [-0.2, -0.15) is 0 Å². The van der Waals surface area contributed by atoms with Crippen molar-refractivity contribution in [2.24, 2.45) is 5.92 Å². The third-order valence-electron chi connectivity index (χ3n) is 3.84. The fraction of sp³-hybridized carbons (Fsp3) is 0.588. The first kappa shape index (κ1) is 16.6. The van der Waals surface area contributed by atoms with Crippen LogP contribution >= 0.6 is 0 Å². The van der Waals surface area contributed by atoms with E-state index >= 15 is 0 Å². The van der Waals surface area contributed by atoms with Gasteiger partial charge < -0.3 is 20.1 Å². The van der Waals surface area contributed by atoms with Crippen LogP contribution in [0, 0.1) is 5.92 Å². The fourth-order valence-corrected chi connectivity index (χ4v) is 2.60. The Morgan fingerprint density at radius 3 is 2.68 bits per heavy atom. The topological polar surface area (TPSA) is 59.6 Å². The number of nitrogens with one attached hydrogen (secondary N) is 2. The molecular formula is C17H26N2O3. The average molecular weight is 306 g/mol. The Labute approximate surface area is 132 Å². The number of carbonyl (C=O) groups excluding carboxylic acids is 1. The molecule has 0 saturated carbocycles. The van der Waals surface area contributed by atoms with Gasteiger partial charge in [-0.05, 0) is 51.4 Å². The molecule has 1 saturated heterocycles. The maximum Gasteiger partial charge on any atom is 0.224 e. The minimum Gasteiger partial charge on any atom is -0.493 e. The number of amides is 1. The number of hydrogen-bond acceptors (Lipinski definition) is 4. The maximum atomic E-state index is 12.2. The van der Waals surface area contributed by atoms with Gasteiger partial charge in [-0.3, -0.25) is 4.79 Å². The molecule has 5 heteroatoms. The summed E-state index contributed by atoms with van der Waals surface area (Å²) in [6.07, 6.45) is 0.995. The second-order valence-corrected chi connectivity index (χ2v) is 6.00.